The van der Waals surface area contributed by atoms with Crippen molar-refractivity contribution >= 4 is 12.0 Å². The molecule has 0 fully saturated rings. The van der Waals surface area contributed by atoms with E-state index >= 15 is 0 Å². The van der Waals surface area contributed by atoms with E-state index in [0.717, 1.165) is 11.1 Å². The van der Waals surface area contributed by atoms with Crippen LogP contribution in [0, 0.1) is 6.92 Å². The summed E-state index contributed by atoms with van der Waals surface area (Å²) in [6.45, 7) is 3.80. The average Bonchev–Trinajstić information content (AvgIpc) is 2.91. The van der Waals surface area contributed by atoms with Crippen LogP contribution in [0.15, 0.2) is 30.3 Å². The predicted octanol–water partition coefficient (Wildman–Crippen LogP) is 1.40. The largest absolute Gasteiger partial charge is 0.343 e. The van der Waals surface area contributed by atoms with Crippen LogP contribution in [0.2, 0.25) is 0 Å². The molecule has 1 amide bonds. The SMILES string of the molecule is Cc1ccccc1C=CC(=O)NC(C)c1nn[nH]n1. The number of amides is 1. The molecule has 1 aromatic heterocycles. The van der Waals surface area contributed by atoms with Gasteiger partial charge in [0.05, 0.1) is 6.04 Å². The summed E-state index contributed by atoms with van der Waals surface area (Å²) >= 11 is 0. The summed E-state index contributed by atoms with van der Waals surface area (Å²) in [5.41, 5.74) is 2.14. The first-order valence-electron chi connectivity index (χ1n) is 5.94. The molecule has 6 heteroatoms. The third-order valence-corrected chi connectivity index (χ3v) is 2.71. The maximum absolute atomic E-state index is 11.7. The van der Waals surface area contributed by atoms with E-state index in [1.165, 1.54) is 6.08 Å². The summed E-state index contributed by atoms with van der Waals surface area (Å²) in [4.78, 5) is 11.7. The highest BCUT2D eigenvalue weighted by Crippen LogP contribution is 2.09. The summed E-state index contributed by atoms with van der Waals surface area (Å²) in [5.74, 6) is 0.262. The van der Waals surface area contributed by atoms with E-state index in [0.29, 0.717) is 5.82 Å². The van der Waals surface area contributed by atoms with Gasteiger partial charge in [-0.05, 0) is 31.1 Å². The molecule has 0 radical (unpaired) electrons. The predicted molar refractivity (Wildman–Crippen MR) is 70.9 cm³/mol. The van der Waals surface area contributed by atoms with Crippen LogP contribution in [-0.2, 0) is 4.79 Å². The number of carbonyl (C=O) groups is 1. The smallest absolute Gasteiger partial charge is 0.244 e. The lowest BCUT2D eigenvalue weighted by atomic mass is 10.1. The number of carbonyl (C=O) groups excluding carboxylic acids is 1. The van der Waals surface area contributed by atoms with Crippen LogP contribution in [-0.4, -0.2) is 26.5 Å². The molecule has 6 nitrogen and oxygen atoms in total. The van der Waals surface area contributed by atoms with E-state index < -0.39 is 0 Å². The summed E-state index contributed by atoms with van der Waals surface area (Å²) in [6.07, 6.45) is 3.28. The highest BCUT2D eigenvalue weighted by molar-refractivity contribution is 5.92. The minimum absolute atomic E-state index is 0.194. The number of tetrazole rings is 1. The number of aromatic amines is 1. The van der Waals surface area contributed by atoms with Gasteiger partial charge >= 0.3 is 0 Å². The van der Waals surface area contributed by atoms with Gasteiger partial charge in [0.2, 0.25) is 5.91 Å². The quantitative estimate of drug-likeness (QED) is 0.811. The van der Waals surface area contributed by atoms with E-state index in [2.05, 4.69) is 25.9 Å². The molecular formula is C13H15N5O. The maximum Gasteiger partial charge on any atom is 0.244 e. The van der Waals surface area contributed by atoms with Crippen molar-refractivity contribution in [3.8, 4) is 0 Å². The molecule has 1 atom stereocenters. The van der Waals surface area contributed by atoms with Gasteiger partial charge < -0.3 is 5.32 Å². The molecule has 1 unspecified atom stereocenters. The number of aromatic nitrogens is 4. The van der Waals surface area contributed by atoms with Gasteiger partial charge in [-0.25, -0.2) is 0 Å². The van der Waals surface area contributed by atoms with Crippen molar-refractivity contribution in [1.82, 2.24) is 25.9 Å². The van der Waals surface area contributed by atoms with Crippen LogP contribution in [0.4, 0.5) is 0 Å². The van der Waals surface area contributed by atoms with Gasteiger partial charge in [-0.15, -0.1) is 10.2 Å². The molecule has 2 rings (SSSR count). The van der Waals surface area contributed by atoms with Gasteiger partial charge in [-0.3, -0.25) is 4.79 Å². The van der Waals surface area contributed by atoms with Crippen molar-refractivity contribution in [2.24, 2.45) is 0 Å². The third-order valence-electron chi connectivity index (χ3n) is 2.71. The Balaban J connectivity index is 1.96. The van der Waals surface area contributed by atoms with Gasteiger partial charge in [-0.1, -0.05) is 29.5 Å². The fraction of sp³-hybridized carbons (Fsp3) is 0.231. The molecule has 0 aliphatic rings. The van der Waals surface area contributed by atoms with Gasteiger partial charge in [-0.2, -0.15) is 5.21 Å². The van der Waals surface area contributed by atoms with E-state index in [1.54, 1.807) is 13.0 Å². The van der Waals surface area contributed by atoms with Crippen LogP contribution in [0.25, 0.3) is 6.08 Å². The summed E-state index contributed by atoms with van der Waals surface area (Å²) < 4.78 is 0. The van der Waals surface area contributed by atoms with E-state index in [4.69, 9.17) is 0 Å². The lowest BCUT2D eigenvalue weighted by Gasteiger charge is -2.07. The number of aryl methyl sites for hydroxylation is 1. The van der Waals surface area contributed by atoms with E-state index in [-0.39, 0.29) is 11.9 Å². The number of hydrogen-bond acceptors (Lipinski definition) is 4. The van der Waals surface area contributed by atoms with Crippen LogP contribution < -0.4 is 5.32 Å². The summed E-state index contributed by atoms with van der Waals surface area (Å²) in [5, 5.41) is 16.2. The Morgan fingerprint density at radius 3 is 2.89 bits per heavy atom. The first kappa shape index (κ1) is 12.9. The minimum Gasteiger partial charge on any atom is -0.343 e. The molecule has 0 aliphatic carbocycles. The molecule has 2 N–H and O–H groups in total. The fourth-order valence-corrected chi connectivity index (χ4v) is 1.62. The van der Waals surface area contributed by atoms with E-state index in [1.807, 2.05) is 31.2 Å². The van der Waals surface area contributed by atoms with Crippen LogP contribution in [0.5, 0.6) is 0 Å². The summed E-state index contributed by atoms with van der Waals surface area (Å²) in [7, 11) is 0. The average molecular weight is 257 g/mol. The van der Waals surface area contributed by atoms with Crippen molar-refractivity contribution in [2.45, 2.75) is 19.9 Å². The Morgan fingerprint density at radius 2 is 2.21 bits per heavy atom. The third kappa shape index (κ3) is 3.48. The molecule has 0 saturated heterocycles. The molecule has 1 aromatic carbocycles. The molecule has 0 saturated carbocycles. The number of H-pyrrole nitrogens is 1. The molecule has 0 bridgehead atoms. The molecule has 98 valence electrons. The Hall–Kier alpha value is -2.50. The van der Waals surface area contributed by atoms with Crippen LogP contribution in [0.3, 0.4) is 0 Å². The molecule has 0 aliphatic heterocycles. The second-order valence-electron chi connectivity index (χ2n) is 4.19. The zero-order valence-electron chi connectivity index (χ0n) is 10.8. The van der Waals surface area contributed by atoms with Crippen molar-refractivity contribution in [2.75, 3.05) is 0 Å². The molecular weight excluding hydrogens is 242 g/mol. The van der Waals surface area contributed by atoms with Gasteiger partial charge in [0.25, 0.3) is 0 Å². The molecule has 0 spiro atoms. The topological polar surface area (TPSA) is 83.6 Å². The van der Waals surface area contributed by atoms with Gasteiger partial charge in [0.15, 0.2) is 5.82 Å². The second-order valence-corrected chi connectivity index (χ2v) is 4.19. The molecule has 1 heterocycles. The number of hydrogen-bond donors (Lipinski definition) is 2. The number of rotatable bonds is 4. The van der Waals surface area contributed by atoms with Gasteiger partial charge in [0.1, 0.15) is 0 Å². The highest BCUT2D eigenvalue weighted by atomic mass is 16.1. The van der Waals surface area contributed by atoms with Crippen LogP contribution >= 0.6 is 0 Å². The normalized spacial score (nSPS) is 12.5. The number of nitrogens with one attached hydrogen (secondary N) is 2. The Bertz CT molecular complexity index is 576. The van der Waals surface area contributed by atoms with Crippen molar-refractivity contribution in [3.63, 3.8) is 0 Å². The Kier molecular flexibility index (Phi) is 4.02. The van der Waals surface area contributed by atoms with Crippen molar-refractivity contribution < 1.29 is 4.79 Å². The number of benzene rings is 1. The highest BCUT2D eigenvalue weighted by Gasteiger charge is 2.11. The molecule has 19 heavy (non-hydrogen) atoms. The Morgan fingerprint density at radius 1 is 1.42 bits per heavy atom. The minimum atomic E-state index is -0.284. The fourth-order valence-electron chi connectivity index (χ4n) is 1.62. The monoisotopic (exact) mass is 257 g/mol. The second kappa shape index (κ2) is 5.90. The summed E-state index contributed by atoms with van der Waals surface area (Å²) in [6, 6.07) is 7.58. The Labute approximate surface area is 110 Å². The standard InChI is InChI=1S/C13H15N5O/c1-9-5-3-4-6-11(9)7-8-12(19)14-10(2)13-15-17-18-16-13/h3-8,10H,1-2H3,(H,14,19)(H,15,16,17,18). The lowest BCUT2D eigenvalue weighted by Crippen LogP contribution is -2.25. The van der Waals surface area contributed by atoms with Crippen molar-refractivity contribution in [3.05, 3.63) is 47.3 Å². The maximum atomic E-state index is 11.7. The van der Waals surface area contributed by atoms with Crippen molar-refractivity contribution in [1.29, 1.82) is 0 Å². The first-order chi connectivity index (χ1) is 9.16. The van der Waals surface area contributed by atoms with Crippen LogP contribution in [0.1, 0.15) is 29.9 Å². The zero-order valence-corrected chi connectivity index (χ0v) is 10.8. The van der Waals surface area contributed by atoms with E-state index in [9.17, 15) is 4.79 Å². The number of nitrogens with zero attached hydrogens (tertiary/aromatic N) is 3. The van der Waals surface area contributed by atoms with Gasteiger partial charge in [0, 0.05) is 6.08 Å². The first-order valence-corrected chi connectivity index (χ1v) is 5.94. The lowest BCUT2D eigenvalue weighted by molar-refractivity contribution is -0.117. The molecule has 2 aromatic rings. The zero-order chi connectivity index (χ0) is 13.7.